The largest absolute Gasteiger partial charge is 0.373 e. The van der Waals surface area contributed by atoms with E-state index in [1.165, 1.54) is 0 Å². The molecular formula is C21H31N3O2. The van der Waals surface area contributed by atoms with E-state index >= 15 is 0 Å². The molecule has 26 heavy (non-hydrogen) atoms. The highest BCUT2D eigenvalue weighted by atomic mass is 16.5. The molecule has 0 aliphatic carbocycles. The van der Waals surface area contributed by atoms with Crippen molar-refractivity contribution in [2.24, 2.45) is 0 Å². The Bertz CT molecular complexity index is 816. The average molecular weight is 357 g/mol. The Morgan fingerprint density at radius 3 is 2.46 bits per heavy atom. The summed E-state index contributed by atoms with van der Waals surface area (Å²) >= 11 is 0. The van der Waals surface area contributed by atoms with Crippen molar-refractivity contribution < 1.29 is 4.74 Å². The molecule has 1 fully saturated rings. The number of pyridine rings is 1. The molecule has 1 aromatic heterocycles. The minimum Gasteiger partial charge on any atom is -0.373 e. The molecule has 2 aromatic rings. The minimum absolute atomic E-state index is 0.150. The molecule has 1 aromatic carbocycles. The van der Waals surface area contributed by atoms with Crippen molar-refractivity contribution in [1.82, 2.24) is 9.88 Å². The van der Waals surface area contributed by atoms with Gasteiger partial charge in [0.1, 0.15) is 0 Å². The maximum Gasteiger partial charge on any atom is 0.194 e. The third kappa shape index (κ3) is 3.79. The lowest BCUT2D eigenvalue weighted by molar-refractivity contribution is -0.0706. The monoisotopic (exact) mass is 357 g/mol. The number of nitrogens with zero attached hydrogens (tertiary/aromatic N) is 2. The number of ether oxygens (including phenoxy) is 1. The number of hydrogen-bond acceptors (Lipinski definition) is 4. The molecule has 5 nitrogen and oxygen atoms in total. The lowest BCUT2D eigenvalue weighted by Gasteiger charge is -2.35. The first-order valence-electron chi connectivity index (χ1n) is 9.71. The van der Waals surface area contributed by atoms with Crippen LogP contribution in [0.4, 0.5) is 5.69 Å². The number of anilines is 1. The summed E-state index contributed by atoms with van der Waals surface area (Å²) < 4.78 is 5.82. The molecular weight excluding hydrogens is 326 g/mol. The molecule has 1 N–H and O–H groups in total. The molecule has 0 bridgehead atoms. The second-order valence-electron chi connectivity index (χ2n) is 7.41. The van der Waals surface area contributed by atoms with Crippen LogP contribution >= 0.6 is 0 Å². The van der Waals surface area contributed by atoms with Crippen LogP contribution in [0.1, 0.15) is 39.0 Å². The van der Waals surface area contributed by atoms with Crippen molar-refractivity contribution in [3.8, 4) is 0 Å². The van der Waals surface area contributed by atoms with Gasteiger partial charge in [0.25, 0.3) is 0 Å². The van der Waals surface area contributed by atoms with Gasteiger partial charge in [0, 0.05) is 60.6 Å². The molecule has 0 spiro atoms. The van der Waals surface area contributed by atoms with Crippen LogP contribution in [0.3, 0.4) is 0 Å². The average Bonchev–Trinajstić information content (AvgIpc) is 2.59. The van der Waals surface area contributed by atoms with Crippen molar-refractivity contribution >= 4 is 16.6 Å². The molecule has 2 atom stereocenters. The van der Waals surface area contributed by atoms with Crippen LogP contribution in [0, 0.1) is 6.92 Å². The van der Waals surface area contributed by atoms with Crippen molar-refractivity contribution in [3.05, 3.63) is 39.7 Å². The first-order valence-corrected chi connectivity index (χ1v) is 9.71. The SMILES string of the molecule is CCN(CC)c1ccc2[nH]c(C)c(CN3CC(C)OC(C)C3)c(=O)c2c1. The van der Waals surface area contributed by atoms with Crippen LogP contribution in [-0.4, -0.2) is 48.3 Å². The smallest absolute Gasteiger partial charge is 0.194 e. The number of aryl methyl sites for hydroxylation is 1. The standard InChI is InChI=1S/C21H31N3O2/c1-6-24(7-2)17-8-9-20-18(10-17)21(25)19(16(5)22-20)13-23-11-14(3)26-15(4)12-23/h8-10,14-15H,6-7,11-13H2,1-5H3,(H,22,25). The summed E-state index contributed by atoms with van der Waals surface area (Å²) in [6, 6.07) is 6.16. The first kappa shape index (κ1) is 18.9. The summed E-state index contributed by atoms with van der Waals surface area (Å²) in [4.78, 5) is 21.3. The Morgan fingerprint density at radius 1 is 1.19 bits per heavy atom. The number of H-pyrrole nitrogens is 1. The Morgan fingerprint density at radius 2 is 1.85 bits per heavy atom. The van der Waals surface area contributed by atoms with Crippen molar-refractivity contribution in [2.75, 3.05) is 31.1 Å². The van der Waals surface area contributed by atoms with Gasteiger partial charge in [-0.05, 0) is 52.8 Å². The quantitative estimate of drug-likeness (QED) is 0.892. The number of rotatable bonds is 5. The van der Waals surface area contributed by atoms with E-state index < -0.39 is 0 Å². The zero-order valence-corrected chi connectivity index (χ0v) is 16.6. The number of benzene rings is 1. The molecule has 0 saturated carbocycles. The fourth-order valence-corrected chi connectivity index (χ4v) is 4.05. The molecule has 2 unspecified atom stereocenters. The maximum absolute atomic E-state index is 13.2. The van der Waals surface area contributed by atoms with Gasteiger partial charge in [0.05, 0.1) is 12.2 Å². The Balaban J connectivity index is 1.98. The predicted octanol–water partition coefficient (Wildman–Crippen LogP) is 3.29. The van der Waals surface area contributed by atoms with E-state index in [2.05, 4.69) is 48.5 Å². The lowest BCUT2D eigenvalue weighted by Crippen LogP contribution is -2.45. The van der Waals surface area contributed by atoms with E-state index in [-0.39, 0.29) is 17.6 Å². The van der Waals surface area contributed by atoms with Crippen LogP contribution in [0.15, 0.2) is 23.0 Å². The Hall–Kier alpha value is -1.85. The van der Waals surface area contributed by atoms with Gasteiger partial charge in [-0.1, -0.05) is 0 Å². The van der Waals surface area contributed by atoms with Gasteiger partial charge in [-0.25, -0.2) is 0 Å². The second-order valence-corrected chi connectivity index (χ2v) is 7.41. The van der Waals surface area contributed by atoms with Crippen LogP contribution in [0.5, 0.6) is 0 Å². The number of hydrogen-bond donors (Lipinski definition) is 1. The lowest BCUT2D eigenvalue weighted by atomic mass is 10.1. The van der Waals surface area contributed by atoms with Gasteiger partial charge in [-0.2, -0.15) is 0 Å². The molecule has 142 valence electrons. The normalized spacial score (nSPS) is 21.3. The van der Waals surface area contributed by atoms with E-state index in [0.29, 0.717) is 6.54 Å². The zero-order chi connectivity index (χ0) is 18.8. The highest BCUT2D eigenvalue weighted by Crippen LogP contribution is 2.21. The van der Waals surface area contributed by atoms with E-state index in [1.807, 2.05) is 19.1 Å². The Kier molecular flexibility index (Phi) is 5.68. The van der Waals surface area contributed by atoms with Crippen LogP contribution < -0.4 is 10.3 Å². The summed E-state index contributed by atoms with van der Waals surface area (Å²) in [7, 11) is 0. The molecule has 2 heterocycles. The van der Waals surface area contributed by atoms with E-state index in [0.717, 1.165) is 54.0 Å². The van der Waals surface area contributed by atoms with Crippen LogP contribution in [0.25, 0.3) is 10.9 Å². The van der Waals surface area contributed by atoms with Crippen molar-refractivity contribution in [3.63, 3.8) is 0 Å². The maximum atomic E-state index is 13.2. The molecule has 3 rings (SSSR count). The fourth-order valence-electron chi connectivity index (χ4n) is 4.05. The minimum atomic E-state index is 0.150. The third-order valence-electron chi connectivity index (χ3n) is 5.30. The number of morpholine rings is 1. The second kappa shape index (κ2) is 7.80. The van der Waals surface area contributed by atoms with Crippen LogP contribution in [0.2, 0.25) is 0 Å². The molecule has 0 amide bonds. The van der Waals surface area contributed by atoms with E-state index in [9.17, 15) is 4.79 Å². The summed E-state index contributed by atoms with van der Waals surface area (Å²) in [6.45, 7) is 14.7. The van der Waals surface area contributed by atoms with E-state index in [1.54, 1.807) is 0 Å². The topological polar surface area (TPSA) is 48.6 Å². The number of fused-ring (bicyclic) bond motifs is 1. The highest BCUT2D eigenvalue weighted by molar-refractivity contribution is 5.83. The summed E-state index contributed by atoms with van der Waals surface area (Å²) in [5, 5.41) is 0.782. The summed E-state index contributed by atoms with van der Waals surface area (Å²) in [6.07, 6.45) is 0.403. The molecule has 1 aliphatic heterocycles. The number of aromatic amines is 1. The van der Waals surface area contributed by atoms with Gasteiger partial charge >= 0.3 is 0 Å². The van der Waals surface area contributed by atoms with Gasteiger partial charge in [-0.3, -0.25) is 9.69 Å². The van der Waals surface area contributed by atoms with Crippen molar-refractivity contribution in [2.45, 2.75) is 53.4 Å². The number of aromatic nitrogens is 1. The molecule has 0 radical (unpaired) electrons. The van der Waals surface area contributed by atoms with Crippen molar-refractivity contribution in [1.29, 1.82) is 0 Å². The highest BCUT2D eigenvalue weighted by Gasteiger charge is 2.23. The van der Waals surface area contributed by atoms with Gasteiger partial charge in [0.2, 0.25) is 0 Å². The van der Waals surface area contributed by atoms with Gasteiger partial charge < -0.3 is 14.6 Å². The summed E-state index contributed by atoms with van der Waals surface area (Å²) in [5.74, 6) is 0. The Labute approximate surface area is 156 Å². The first-order chi connectivity index (χ1) is 12.4. The third-order valence-corrected chi connectivity index (χ3v) is 5.30. The molecule has 1 saturated heterocycles. The van der Waals surface area contributed by atoms with Crippen LogP contribution in [-0.2, 0) is 11.3 Å². The predicted molar refractivity (Wildman–Crippen MR) is 108 cm³/mol. The molecule has 1 aliphatic rings. The fraction of sp³-hybridized carbons (Fsp3) is 0.571. The van der Waals surface area contributed by atoms with E-state index in [4.69, 9.17) is 4.74 Å². The number of nitrogens with one attached hydrogen (secondary N) is 1. The van der Waals surface area contributed by atoms with Gasteiger partial charge in [0.15, 0.2) is 5.43 Å². The zero-order valence-electron chi connectivity index (χ0n) is 16.6. The molecule has 5 heteroatoms. The van der Waals surface area contributed by atoms with Gasteiger partial charge in [-0.15, -0.1) is 0 Å². The summed E-state index contributed by atoms with van der Waals surface area (Å²) in [5.41, 5.74) is 4.00.